The van der Waals surface area contributed by atoms with Crippen molar-refractivity contribution in [3.8, 4) is 5.69 Å². The van der Waals surface area contributed by atoms with Crippen LogP contribution in [-0.2, 0) is 14.1 Å². The van der Waals surface area contributed by atoms with Crippen molar-refractivity contribution in [1.29, 1.82) is 0 Å². The van der Waals surface area contributed by atoms with E-state index in [0.29, 0.717) is 0 Å². The molecule has 0 N–H and O–H groups in total. The molecular formula is C32H23N3. The predicted molar refractivity (Wildman–Crippen MR) is 149 cm³/mol. The summed E-state index contributed by atoms with van der Waals surface area (Å²) in [7, 11) is 4.38. The molecule has 8 rings (SSSR count). The Hall–Kier alpha value is -4.50. The average Bonchev–Trinajstić information content (AvgIpc) is 3.51. The van der Waals surface area contributed by atoms with E-state index >= 15 is 0 Å². The number of aryl methyl sites for hydroxylation is 2. The maximum Gasteiger partial charge on any atom is 0.0548 e. The van der Waals surface area contributed by atoms with E-state index in [1.807, 2.05) is 0 Å². The SMILES string of the molecule is Cn1c2ccccc2c2c3c4c5c6ccccc6n(-c6ccccc6)c5ccc4n(C)c3ccc21. The zero-order valence-corrected chi connectivity index (χ0v) is 19.7. The van der Waals surface area contributed by atoms with Crippen molar-refractivity contribution in [1.82, 2.24) is 13.7 Å². The van der Waals surface area contributed by atoms with E-state index in [2.05, 4.69) is 131 Å². The third-order valence-corrected chi connectivity index (χ3v) is 7.86. The van der Waals surface area contributed by atoms with Crippen molar-refractivity contribution in [3.05, 3.63) is 103 Å². The van der Waals surface area contributed by atoms with Crippen LogP contribution in [0, 0.1) is 0 Å². The molecule has 0 saturated heterocycles. The van der Waals surface area contributed by atoms with Crippen LogP contribution >= 0.6 is 0 Å². The molecule has 0 radical (unpaired) electrons. The Morgan fingerprint density at radius 1 is 0.371 bits per heavy atom. The molecule has 3 heterocycles. The minimum atomic E-state index is 1.19. The summed E-state index contributed by atoms with van der Waals surface area (Å²) in [5.41, 5.74) is 8.75. The molecule has 3 nitrogen and oxygen atoms in total. The lowest BCUT2D eigenvalue weighted by Crippen LogP contribution is -1.93. The Morgan fingerprint density at radius 3 is 1.51 bits per heavy atom. The smallest absolute Gasteiger partial charge is 0.0548 e. The van der Waals surface area contributed by atoms with Crippen LogP contribution in [0.1, 0.15) is 0 Å². The predicted octanol–water partition coefficient (Wildman–Crippen LogP) is 8.07. The van der Waals surface area contributed by atoms with Crippen molar-refractivity contribution in [2.24, 2.45) is 14.1 Å². The summed E-state index contributed by atoms with van der Waals surface area (Å²) in [5, 5.41) is 7.96. The molecule has 3 heteroatoms. The van der Waals surface area contributed by atoms with E-state index < -0.39 is 0 Å². The summed E-state index contributed by atoms with van der Waals surface area (Å²) < 4.78 is 7.10. The number of para-hydroxylation sites is 3. The first-order chi connectivity index (χ1) is 17.2. The van der Waals surface area contributed by atoms with Gasteiger partial charge in [-0.25, -0.2) is 0 Å². The highest BCUT2D eigenvalue weighted by molar-refractivity contribution is 6.35. The first kappa shape index (κ1) is 18.9. The van der Waals surface area contributed by atoms with Crippen LogP contribution in [0.25, 0.3) is 71.1 Å². The van der Waals surface area contributed by atoms with Gasteiger partial charge in [-0.2, -0.15) is 0 Å². The highest BCUT2D eigenvalue weighted by atomic mass is 15.0. The topological polar surface area (TPSA) is 14.8 Å². The molecule has 0 spiro atoms. The van der Waals surface area contributed by atoms with E-state index in [9.17, 15) is 0 Å². The number of rotatable bonds is 1. The minimum absolute atomic E-state index is 1.19. The van der Waals surface area contributed by atoms with Gasteiger partial charge in [-0.15, -0.1) is 0 Å². The molecule has 5 aromatic carbocycles. The molecule has 0 atom stereocenters. The molecule has 0 aliphatic rings. The number of aromatic nitrogens is 3. The van der Waals surface area contributed by atoms with E-state index in [1.165, 1.54) is 71.1 Å². The number of nitrogens with zero attached hydrogens (tertiary/aromatic N) is 3. The fourth-order valence-electron chi connectivity index (χ4n) is 6.34. The maximum atomic E-state index is 2.41. The standard InChI is InChI=1S/C32H23N3/c1-33-23-14-8-6-12-21(23)29-25(33)16-17-26-31(29)32-27(34(26)2)18-19-28-30(32)22-13-7-9-15-24(22)35(28)20-10-4-3-5-11-20/h3-19H,1-2H3. The van der Waals surface area contributed by atoms with E-state index in [0.717, 1.165) is 0 Å². The molecule has 8 aromatic rings. The van der Waals surface area contributed by atoms with Crippen molar-refractivity contribution in [2.45, 2.75) is 0 Å². The van der Waals surface area contributed by atoms with Crippen LogP contribution in [0.3, 0.4) is 0 Å². The third kappa shape index (κ3) is 2.25. The van der Waals surface area contributed by atoms with E-state index in [1.54, 1.807) is 0 Å². The van der Waals surface area contributed by atoms with Crippen LogP contribution in [-0.4, -0.2) is 13.7 Å². The van der Waals surface area contributed by atoms with Crippen molar-refractivity contribution < 1.29 is 0 Å². The molecule has 3 aromatic heterocycles. The Kier molecular flexibility index (Phi) is 3.53. The average molecular weight is 450 g/mol. The Morgan fingerprint density at radius 2 is 0.829 bits per heavy atom. The minimum Gasteiger partial charge on any atom is -0.344 e. The van der Waals surface area contributed by atoms with E-state index in [-0.39, 0.29) is 0 Å². The van der Waals surface area contributed by atoms with E-state index in [4.69, 9.17) is 0 Å². The molecular weight excluding hydrogens is 426 g/mol. The fraction of sp³-hybridized carbons (Fsp3) is 0.0625. The second-order valence-corrected chi connectivity index (χ2v) is 9.53. The van der Waals surface area contributed by atoms with Gasteiger partial charge >= 0.3 is 0 Å². The van der Waals surface area contributed by atoms with Gasteiger partial charge < -0.3 is 13.7 Å². The number of benzene rings is 5. The highest BCUT2D eigenvalue weighted by Crippen LogP contribution is 2.44. The summed E-state index contributed by atoms with van der Waals surface area (Å²) in [4.78, 5) is 0. The summed E-state index contributed by atoms with van der Waals surface area (Å²) in [6.45, 7) is 0. The van der Waals surface area contributed by atoms with Gasteiger partial charge in [-0.05, 0) is 48.5 Å². The Labute approximate surface area is 202 Å². The van der Waals surface area contributed by atoms with Gasteiger partial charge in [0, 0.05) is 74.2 Å². The second kappa shape index (κ2) is 6.55. The van der Waals surface area contributed by atoms with Gasteiger partial charge in [-0.3, -0.25) is 0 Å². The monoisotopic (exact) mass is 449 g/mol. The zero-order valence-electron chi connectivity index (χ0n) is 19.7. The van der Waals surface area contributed by atoms with Gasteiger partial charge in [0.1, 0.15) is 0 Å². The summed E-state index contributed by atoms with van der Waals surface area (Å²) in [5.74, 6) is 0. The first-order valence-corrected chi connectivity index (χ1v) is 12.1. The molecule has 35 heavy (non-hydrogen) atoms. The van der Waals surface area contributed by atoms with Gasteiger partial charge in [0.05, 0.1) is 11.0 Å². The number of fused-ring (bicyclic) bond motifs is 11. The molecule has 0 fully saturated rings. The summed E-state index contributed by atoms with van der Waals surface area (Å²) >= 11 is 0. The van der Waals surface area contributed by atoms with Crippen LogP contribution in [0.2, 0.25) is 0 Å². The van der Waals surface area contributed by atoms with Crippen molar-refractivity contribution in [3.63, 3.8) is 0 Å². The third-order valence-electron chi connectivity index (χ3n) is 7.86. The number of hydrogen-bond donors (Lipinski definition) is 0. The Bertz CT molecular complexity index is 2120. The van der Waals surface area contributed by atoms with Crippen LogP contribution in [0.5, 0.6) is 0 Å². The largest absolute Gasteiger partial charge is 0.344 e. The fourth-order valence-corrected chi connectivity index (χ4v) is 6.34. The lowest BCUT2D eigenvalue weighted by atomic mass is 10.0. The Balaban J connectivity index is 1.71. The van der Waals surface area contributed by atoms with Gasteiger partial charge in [0.2, 0.25) is 0 Å². The highest BCUT2D eigenvalue weighted by Gasteiger charge is 2.21. The van der Waals surface area contributed by atoms with Crippen LogP contribution < -0.4 is 0 Å². The molecule has 0 bridgehead atoms. The molecule has 0 unspecified atom stereocenters. The lowest BCUT2D eigenvalue weighted by molar-refractivity contribution is 1.01. The van der Waals surface area contributed by atoms with Crippen LogP contribution in [0.4, 0.5) is 0 Å². The quantitative estimate of drug-likeness (QED) is 0.241. The molecule has 0 aliphatic carbocycles. The van der Waals surface area contributed by atoms with Gasteiger partial charge in [0.15, 0.2) is 0 Å². The zero-order chi connectivity index (χ0) is 23.3. The van der Waals surface area contributed by atoms with Gasteiger partial charge in [0.25, 0.3) is 0 Å². The summed E-state index contributed by atoms with van der Waals surface area (Å²) in [6, 6.07) is 37.5. The van der Waals surface area contributed by atoms with Crippen molar-refractivity contribution >= 4 is 65.4 Å². The van der Waals surface area contributed by atoms with Gasteiger partial charge in [-0.1, -0.05) is 54.6 Å². The van der Waals surface area contributed by atoms with Crippen molar-refractivity contribution in [2.75, 3.05) is 0 Å². The maximum absolute atomic E-state index is 2.41. The van der Waals surface area contributed by atoms with Crippen LogP contribution in [0.15, 0.2) is 103 Å². The summed E-state index contributed by atoms with van der Waals surface area (Å²) in [6.07, 6.45) is 0. The first-order valence-electron chi connectivity index (χ1n) is 12.1. The second-order valence-electron chi connectivity index (χ2n) is 9.53. The molecule has 0 amide bonds. The normalized spacial score (nSPS) is 12.3. The molecule has 0 saturated carbocycles. The number of hydrogen-bond acceptors (Lipinski definition) is 0. The molecule has 0 aliphatic heterocycles. The molecule has 166 valence electrons. The lowest BCUT2D eigenvalue weighted by Gasteiger charge is -2.07.